The van der Waals surface area contributed by atoms with E-state index in [-0.39, 0.29) is 11.0 Å². The summed E-state index contributed by atoms with van der Waals surface area (Å²) in [5, 5.41) is 6.99. The first kappa shape index (κ1) is 14.9. The lowest BCUT2D eigenvalue weighted by Crippen LogP contribution is -2.58. The lowest BCUT2D eigenvalue weighted by Gasteiger charge is -2.44. The number of aromatic nitrogens is 1. The molecule has 2 heterocycles. The topological polar surface area (TPSA) is 28.2 Å². The molecule has 1 unspecified atom stereocenters. The molecule has 1 N–H and O–H groups in total. The summed E-state index contributed by atoms with van der Waals surface area (Å²) in [6.07, 6.45) is 1.18. The van der Waals surface area contributed by atoms with Gasteiger partial charge in [0.15, 0.2) is 0 Å². The molecule has 19 heavy (non-hydrogen) atoms. The summed E-state index contributed by atoms with van der Waals surface area (Å²) in [6, 6.07) is 0. The Morgan fingerprint density at radius 1 is 1.47 bits per heavy atom. The van der Waals surface area contributed by atoms with Crippen molar-refractivity contribution in [3.63, 3.8) is 0 Å². The third-order valence-corrected chi connectivity index (χ3v) is 5.07. The van der Waals surface area contributed by atoms with Crippen LogP contribution in [-0.2, 0) is 12.0 Å². The van der Waals surface area contributed by atoms with Crippen molar-refractivity contribution in [2.24, 2.45) is 0 Å². The molecule has 1 aliphatic heterocycles. The molecular weight excluding hydrogens is 254 g/mol. The Balaban J connectivity index is 2.09. The minimum Gasteiger partial charge on any atom is -0.314 e. The van der Waals surface area contributed by atoms with E-state index in [1.807, 2.05) is 11.3 Å². The van der Waals surface area contributed by atoms with Crippen LogP contribution in [0.4, 0.5) is 0 Å². The zero-order valence-corrected chi connectivity index (χ0v) is 13.7. The van der Waals surface area contributed by atoms with E-state index in [1.54, 1.807) is 0 Å². The molecule has 0 amide bonds. The van der Waals surface area contributed by atoms with Gasteiger partial charge in [0.1, 0.15) is 5.01 Å². The fraction of sp³-hybridized carbons (Fsp3) is 0.800. The van der Waals surface area contributed by atoms with Crippen LogP contribution in [0.25, 0.3) is 0 Å². The van der Waals surface area contributed by atoms with Crippen molar-refractivity contribution in [3.8, 4) is 0 Å². The summed E-state index contributed by atoms with van der Waals surface area (Å²) in [6.45, 7) is 15.6. The normalized spacial score (nSPS) is 25.7. The molecule has 1 aromatic heterocycles. The smallest absolute Gasteiger partial charge is 0.107 e. The third kappa shape index (κ3) is 3.36. The summed E-state index contributed by atoms with van der Waals surface area (Å²) < 4.78 is 0. The van der Waals surface area contributed by atoms with Gasteiger partial charge in [-0.25, -0.2) is 4.98 Å². The number of hydrogen-bond donors (Lipinski definition) is 1. The van der Waals surface area contributed by atoms with Crippen LogP contribution < -0.4 is 5.32 Å². The van der Waals surface area contributed by atoms with E-state index in [4.69, 9.17) is 4.98 Å². The zero-order chi connectivity index (χ0) is 14.1. The predicted octanol–water partition coefficient (Wildman–Crippen LogP) is 3.01. The molecule has 0 radical (unpaired) electrons. The average Bonchev–Trinajstić information content (AvgIpc) is 2.81. The molecule has 0 bridgehead atoms. The van der Waals surface area contributed by atoms with Gasteiger partial charge in [-0.2, -0.15) is 0 Å². The van der Waals surface area contributed by atoms with Gasteiger partial charge >= 0.3 is 0 Å². The molecule has 4 heteroatoms. The van der Waals surface area contributed by atoms with Crippen LogP contribution in [0.15, 0.2) is 5.38 Å². The van der Waals surface area contributed by atoms with Crippen molar-refractivity contribution in [1.82, 2.24) is 15.2 Å². The maximum absolute atomic E-state index is 4.83. The number of nitrogens with zero attached hydrogens (tertiary/aromatic N) is 2. The number of thiazole rings is 1. The Morgan fingerprint density at radius 3 is 2.79 bits per heavy atom. The quantitative estimate of drug-likeness (QED) is 0.923. The van der Waals surface area contributed by atoms with Gasteiger partial charge in [0.25, 0.3) is 0 Å². The molecule has 1 aromatic rings. The maximum Gasteiger partial charge on any atom is 0.107 e. The summed E-state index contributed by atoms with van der Waals surface area (Å²) in [4.78, 5) is 7.42. The fourth-order valence-electron chi connectivity index (χ4n) is 2.46. The van der Waals surface area contributed by atoms with Crippen LogP contribution in [0.2, 0.25) is 0 Å². The van der Waals surface area contributed by atoms with Crippen LogP contribution in [-0.4, -0.2) is 35.1 Å². The van der Waals surface area contributed by atoms with E-state index < -0.39 is 0 Å². The first-order valence-electron chi connectivity index (χ1n) is 7.26. The summed E-state index contributed by atoms with van der Waals surface area (Å²) >= 11 is 1.81. The third-order valence-electron chi connectivity index (χ3n) is 4.24. The SMILES string of the molecule is CCC1(C)CNCCN1Cc1nc(C(C)(C)C)cs1. The van der Waals surface area contributed by atoms with Crippen LogP contribution >= 0.6 is 11.3 Å². The highest BCUT2D eigenvalue weighted by molar-refractivity contribution is 7.09. The van der Waals surface area contributed by atoms with Crippen LogP contribution in [0.5, 0.6) is 0 Å². The van der Waals surface area contributed by atoms with Crippen molar-refractivity contribution in [3.05, 3.63) is 16.1 Å². The van der Waals surface area contributed by atoms with E-state index >= 15 is 0 Å². The van der Waals surface area contributed by atoms with Gasteiger partial charge in [-0.3, -0.25) is 4.90 Å². The molecule has 0 aromatic carbocycles. The Kier molecular flexibility index (Phi) is 4.33. The van der Waals surface area contributed by atoms with Crippen molar-refractivity contribution in [2.75, 3.05) is 19.6 Å². The molecule has 0 spiro atoms. The second-order valence-electron chi connectivity index (χ2n) is 6.83. The summed E-state index contributed by atoms with van der Waals surface area (Å²) in [7, 11) is 0. The van der Waals surface area contributed by atoms with Crippen LogP contribution in [0.3, 0.4) is 0 Å². The van der Waals surface area contributed by atoms with E-state index in [0.717, 1.165) is 26.2 Å². The highest BCUT2D eigenvalue weighted by Gasteiger charge is 2.33. The lowest BCUT2D eigenvalue weighted by atomic mass is 9.93. The Hall–Kier alpha value is -0.450. The van der Waals surface area contributed by atoms with E-state index in [1.165, 1.54) is 17.1 Å². The molecule has 1 fully saturated rings. The van der Waals surface area contributed by atoms with Gasteiger partial charge < -0.3 is 5.32 Å². The number of hydrogen-bond acceptors (Lipinski definition) is 4. The molecule has 108 valence electrons. The Morgan fingerprint density at radius 2 is 2.21 bits per heavy atom. The van der Waals surface area contributed by atoms with Crippen molar-refractivity contribution in [2.45, 2.75) is 58.5 Å². The fourth-order valence-corrected chi connectivity index (χ4v) is 3.50. The Bertz CT molecular complexity index is 421. The van der Waals surface area contributed by atoms with E-state index in [9.17, 15) is 0 Å². The molecular formula is C15H27N3S. The number of nitrogens with one attached hydrogen (secondary N) is 1. The van der Waals surface area contributed by atoms with Gasteiger partial charge in [-0.05, 0) is 13.3 Å². The van der Waals surface area contributed by atoms with Gasteiger partial charge in [0, 0.05) is 36.0 Å². The van der Waals surface area contributed by atoms with Gasteiger partial charge in [-0.1, -0.05) is 27.7 Å². The lowest BCUT2D eigenvalue weighted by molar-refractivity contribution is 0.0636. The largest absolute Gasteiger partial charge is 0.314 e. The number of rotatable bonds is 3. The molecule has 1 atom stereocenters. The monoisotopic (exact) mass is 281 g/mol. The highest BCUT2D eigenvalue weighted by Crippen LogP contribution is 2.27. The van der Waals surface area contributed by atoms with Crippen molar-refractivity contribution < 1.29 is 0 Å². The minimum atomic E-state index is 0.159. The second-order valence-corrected chi connectivity index (χ2v) is 7.77. The standard InChI is InChI=1S/C15H27N3S/c1-6-15(5)11-16-7-8-18(15)9-13-17-12(10-19-13)14(2,3)4/h10,16H,6-9,11H2,1-5H3. The molecule has 2 rings (SSSR count). The molecule has 1 aliphatic rings. The predicted molar refractivity (Wildman–Crippen MR) is 82.8 cm³/mol. The first-order chi connectivity index (χ1) is 8.85. The highest BCUT2D eigenvalue weighted by atomic mass is 32.1. The first-order valence-corrected chi connectivity index (χ1v) is 8.14. The summed E-state index contributed by atoms with van der Waals surface area (Å²) in [5.74, 6) is 0. The van der Waals surface area contributed by atoms with E-state index in [0.29, 0.717) is 0 Å². The van der Waals surface area contributed by atoms with Gasteiger partial charge in [0.05, 0.1) is 12.2 Å². The van der Waals surface area contributed by atoms with E-state index in [2.05, 4.69) is 50.2 Å². The molecule has 0 saturated carbocycles. The molecule has 1 saturated heterocycles. The Labute approximate surface area is 121 Å². The second kappa shape index (κ2) is 5.51. The zero-order valence-electron chi connectivity index (χ0n) is 12.9. The maximum atomic E-state index is 4.83. The molecule has 0 aliphatic carbocycles. The number of piperazine rings is 1. The van der Waals surface area contributed by atoms with Gasteiger partial charge in [0.2, 0.25) is 0 Å². The van der Waals surface area contributed by atoms with Crippen molar-refractivity contribution in [1.29, 1.82) is 0 Å². The average molecular weight is 281 g/mol. The molecule has 3 nitrogen and oxygen atoms in total. The van der Waals surface area contributed by atoms with Crippen LogP contribution in [0, 0.1) is 0 Å². The summed E-state index contributed by atoms with van der Waals surface area (Å²) in [5.41, 5.74) is 1.65. The minimum absolute atomic E-state index is 0.159. The van der Waals surface area contributed by atoms with Gasteiger partial charge in [-0.15, -0.1) is 11.3 Å². The van der Waals surface area contributed by atoms with Crippen molar-refractivity contribution >= 4 is 11.3 Å². The van der Waals surface area contributed by atoms with Crippen LogP contribution in [0.1, 0.15) is 51.7 Å².